The van der Waals surface area contributed by atoms with Gasteiger partial charge in [0.05, 0.1) is 25.2 Å². The Kier molecular flexibility index (Phi) is 9.07. The van der Waals surface area contributed by atoms with Crippen LogP contribution in [-0.4, -0.2) is 25.3 Å². The van der Waals surface area contributed by atoms with Crippen LogP contribution in [0, 0.1) is 5.92 Å². The molecule has 1 heterocycles. The van der Waals surface area contributed by atoms with Gasteiger partial charge in [-0.25, -0.2) is 0 Å². The predicted octanol–water partition coefficient (Wildman–Crippen LogP) is 4.30. The first-order valence-electron chi connectivity index (χ1n) is 7.27. The second-order valence-corrected chi connectivity index (χ2v) is 5.30. The molecule has 1 saturated heterocycles. The van der Waals surface area contributed by atoms with Gasteiger partial charge in [-0.05, 0) is 31.8 Å². The topological polar surface area (TPSA) is 35.5 Å². The van der Waals surface area contributed by atoms with Gasteiger partial charge in [0, 0.05) is 4.99 Å². The number of methoxy groups -OCH3 is 1. The maximum Gasteiger partial charge on any atom is 0.311 e. The van der Waals surface area contributed by atoms with Crippen molar-refractivity contribution in [2.75, 3.05) is 7.11 Å². The van der Waals surface area contributed by atoms with Crippen LogP contribution in [0.5, 0.6) is 0 Å². The smallest absolute Gasteiger partial charge is 0.311 e. The van der Waals surface area contributed by atoms with Crippen molar-refractivity contribution in [3.63, 3.8) is 0 Å². The summed E-state index contributed by atoms with van der Waals surface area (Å²) in [6, 6.07) is 0. The van der Waals surface area contributed by atoms with E-state index in [0.717, 1.165) is 19.3 Å². The second kappa shape index (κ2) is 10.6. The van der Waals surface area contributed by atoms with Crippen molar-refractivity contribution in [3.05, 3.63) is 41.1 Å². The van der Waals surface area contributed by atoms with Crippen molar-refractivity contribution in [1.29, 1.82) is 0 Å². The molecule has 0 spiro atoms. The number of allylic oxidation sites excluding steroid dienone is 3. The van der Waals surface area contributed by atoms with E-state index in [-0.39, 0.29) is 24.1 Å². The third-order valence-electron chi connectivity index (χ3n) is 3.34. The van der Waals surface area contributed by atoms with E-state index in [1.165, 1.54) is 7.11 Å². The van der Waals surface area contributed by atoms with Gasteiger partial charge in [-0.15, -0.1) is 5.73 Å². The number of esters is 1. The third kappa shape index (κ3) is 6.47. The fourth-order valence-corrected chi connectivity index (χ4v) is 2.47. The highest BCUT2D eigenvalue weighted by Gasteiger charge is 2.38. The van der Waals surface area contributed by atoms with E-state index in [9.17, 15) is 4.79 Å². The second-order valence-electron chi connectivity index (χ2n) is 4.84. The van der Waals surface area contributed by atoms with Crippen LogP contribution in [0.4, 0.5) is 0 Å². The minimum atomic E-state index is -0.204. The molecule has 1 aliphatic heterocycles. The summed E-state index contributed by atoms with van der Waals surface area (Å²) in [5.41, 5.74) is 2.94. The molecule has 0 saturated carbocycles. The number of halogens is 1. The first-order valence-corrected chi connectivity index (χ1v) is 8.19. The molecule has 0 amide bonds. The number of hydrogen-bond donors (Lipinski definition) is 0. The Morgan fingerprint density at radius 2 is 2.14 bits per heavy atom. The van der Waals surface area contributed by atoms with Gasteiger partial charge in [0.2, 0.25) is 0 Å². The van der Waals surface area contributed by atoms with Crippen molar-refractivity contribution in [2.24, 2.45) is 5.92 Å². The lowest BCUT2D eigenvalue weighted by molar-refractivity contribution is -0.147. The Labute approximate surface area is 135 Å². The van der Waals surface area contributed by atoms with E-state index in [0.29, 0.717) is 6.42 Å². The van der Waals surface area contributed by atoms with E-state index < -0.39 is 0 Å². The van der Waals surface area contributed by atoms with E-state index >= 15 is 0 Å². The van der Waals surface area contributed by atoms with Crippen LogP contribution >= 0.6 is 15.9 Å². The Morgan fingerprint density at radius 3 is 2.81 bits per heavy atom. The van der Waals surface area contributed by atoms with Gasteiger partial charge in [0.1, 0.15) is 0 Å². The Hall–Kier alpha value is -1.09. The molecule has 4 heteroatoms. The van der Waals surface area contributed by atoms with Gasteiger partial charge in [0.25, 0.3) is 0 Å². The van der Waals surface area contributed by atoms with E-state index in [2.05, 4.69) is 52.9 Å². The molecule has 0 aromatic rings. The quantitative estimate of drug-likeness (QED) is 0.388. The van der Waals surface area contributed by atoms with E-state index in [4.69, 9.17) is 9.47 Å². The highest BCUT2D eigenvalue weighted by molar-refractivity contribution is 9.11. The summed E-state index contributed by atoms with van der Waals surface area (Å²) in [6.07, 6.45) is 13.4. The fraction of sp³-hybridized carbons (Fsp3) is 0.529. The number of carbonyl (C=O) groups is 1. The molecule has 0 aliphatic carbocycles. The molecule has 0 radical (unpaired) electrons. The molecular weight excluding hydrogens is 332 g/mol. The summed E-state index contributed by atoms with van der Waals surface area (Å²) in [7, 11) is 1.42. The van der Waals surface area contributed by atoms with Crippen molar-refractivity contribution in [2.45, 2.75) is 44.8 Å². The summed E-state index contributed by atoms with van der Waals surface area (Å²) >= 11 is 3.17. The van der Waals surface area contributed by atoms with Gasteiger partial charge in [-0.2, -0.15) is 0 Å². The normalized spacial score (nSPS) is 25.2. The molecule has 0 bridgehead atoms. The van der Waals surface area contributed by atoms with Crippen LogP contribution < -0.4 is 0 Å². The zero-order chi connectivity index (χ0) is 15.5. The zero-order valence-electron chi connectivity index (χ0n) is 12.6. The first-order chi connectivity index (χ1) is 10.2. The summed E-state index contributed by atoms with van der Waals surface area (Å²) < 4.78 is 10.8. The molecule has 0 N–H and O–H groups in total. The molecule has 1 unspecified atom stereocenters. The highest BCUT2D eigenvalue weighted by Crippen LogP contribution is 2.30. The van der Waals surface area contributed by atoms with Gasteiger partial charge < -0.3 is 9.47 Å². The van der Waals surface area contributed by atoms with Crippen molar-refractivity contribution < 1.29 is 14.3 Å². The maximum atomic E-state index is 11.8. The minimum Gasteiger partial charge on any atom is -0.469 e. The Morgan fingerprint density at radius 1 is 1.38 bits per heavy atom. The molecule has 0 aromatic heterocycles. The molecule has 3 atom stereocenters. The van der Waals surface area contributed by atoms with Crippen molar-refractivity contribution in [3.8, 4) is 0 Å². The molecule has 116 valence electrons. The number of ether oxygens (including phenoxy) is 2. The van der Waals surface area contributed by atoms with Gasteiger partial charge >= 0.3 is 5.97 Å². The molecule has 1 rings (SSSR count). The molecular formula is C17H23BrO3. The Bertz CT molecular complexity index is 433. The minimum absolute atomic E-state index is 0.0821. The van der Waals surface area contributed by atoms with E-state index in [1.54, 1.807) is 4.99 Å². The highest BCUT2D eigenvalue weighted by atomic mass is 79.9. The SMILES string of the molecule is CC/C=C/C/C=C/C[C@H]1OC(C=C=CBr)C[C@H]1C(=O)OC. The monoisotopic (exact) mass is 354 g/mol. The predicted molar refractivity (Wildman–Crippen MR) is 88.2 cm³/mol. The summed E-state index contributed by atoms with van der Waals surface area (Å²) in [5, 5.41) is 0. The third-order valence-corrected chi connectivity index (χ3v) is 3.61. The van der Waals surface area contributed by atoms with Gasteiger partial charge in [-0.1, -0.05) is 47.2 Å². The lowest BCUT2D eigenvalue weighted by Gasteiger charge is -2.14. The van der Waals surface area contributed by atoms with E-state index in [1.807, 2.05) is 6.08 Å². The number of rotatable bonds is 7. The van der Waals surface area contributed by atoms with Crippen LogP contribution in [-0.2, 0) is 14.3 Å². The maximum absolute atomic E-state index is 11.8. The largest absolute Gasteiger partial charge is 0.469 e. The molecule has 3 nitrogen and oxygen atoms in total. The lowest BCUT2D eigenvalue weighted by Crippen LogP contribution is -2.24. The van der Waals surface area contributed by atoms with Crippen LogP contribution in [0.15, 0.2) is 41.1 Å². The average Bonchev–Trinajstić information content (AvgIpc) is 2.91. The van der Waals surface area contributed by atoms with Crippen LogP contribution in [0.1, 0.15) is 32.6 Å². The van der Waals surface area contributed by atoms with Crippen LogP contribution in [0.25, 0.3) is 0 Å². The summed E-state index contributed by atoms with van der Waals surface area (Å²) in [4.78, 5) is 13.5. The number of carbonyl (C=O) groups excluding carboxylic acids is 1. The lowest BCUT2D eigenvalue weighted by atomic mass is 9.97. The van der Waals surface area contributed by atoms with Crippen molar-refractivity contribution in [1.82, 2.24) is 0 Å². The van der Waals surface area contributed by atoms with Crippen LogP contribution in [0.2, 0.25) is 0 Å². The molecule has 1 fully saturated rings. The number of hydrogen-bond acceptors (Lipinski definition) is 3. The average molecular weight is 355 g/mol. The van der Waals surface area contributed by atoms with Crippen molar-refractivity contribution >= 4 is 21.9 Å². The molecule has 1 aliphatic rings. The first kappa shape index (κ1) is 18.0. The standard InChI is InChI=1S/C17H23BrO3/c1-3-4-5-6-7-8-11-16-15(17(19)20-2)13-14(21-16)10-9-12-18/h4-5,7-8,10,12,14-16H,3,6,11,13H2,1-2H3/b5-4+,8-7+/t9?,14?,15-,16-/m1/s1. The van der Waals surface area contributed by atoms with Crippen LogP contribution in [0.3, 0.4) is 0 Å². The zero-order valence-corrected chi connectivity index (χ0v) is 14.2. The molecule has 21 heavy (non-hydrogen) atoms. The Balaban J connectivity index is 2.57. The summed E-state index contributed by atoms with van der Waals surface area (Å²) in [6.45, 7) is 2.11. The van der Waals surface area contributed by atoms with Gasteiger partial charge in [0.15, 0.2) is 0 Å². The summed E-state index contributed by atoms with van der Waals surface area (Å²) in [5.74, 6) is -0.401. The van der Waals surface area contributed by atoms with Gasteiger partial charge in [-0.3, -0.25) is 4.79 Å². The fourth-order valence-electron chi connectivity index (χ4n) is 2.32. The molecule has 0 aromatic carbocycles.